The van der Waals surface area contributed by atoms with Gasteiger partial charge >= 0.3 is 0 Å². The summed E-state index contributed by atoms with van der Waals surface area (Å²) in [5, 5.41) is 16.3. The number of ketones is 1. The van der Waals surface area contributed by atoms with Crippen molar-refractivity contribution in [3.05, 3.63) is 41.9 Å². The largest absolute Gasteiger partial charge is 0.367 e. The van der Waals surface area contributed by atoms with E-state index in [0.717, 1.165) is 5.06 Å². The molecule has 0 bridgehead atoms. The maximum absolute atomic E-state index is 12.2. The lowest BCUT2D eigenvalue weighted by molar-refractivity contribution is -0.243. The van der Waals surface area contributed by atoms with E-state index >= 15 is 0 Å². The molecule has 0 amide bonds. The van der Waals surface area contributed by atoms with E-state index in [2.05, 4.69) is 10.3 Å². The standard InChI is InChI=1S/C14H18N3O2/c1-13(2)12(16-14(3,4)17(13)19)9-11(18)10-5-7-15-8-6-10/h5-9,16H,1-4H3/b12-9-. The molecule has 1 aliphatic heterocycles. The number of nitrogens with one attached hydrogen (secondary N) is 1. The van der Waals surface area contributed by atoms with Gasteiger partial charge in [-0.3, -0.25) is 9.78 Å². The number of hydrogen-bond donors (Lipinski definition) is 1. The molecule has 1 aromatic heterocycles. The molecule has 1 fully saturated rings. The zero-order valence-electron chi connectivity index (χ0n) is 11.6. The third-order valence-corrected chi connectivity index (χ3v) is 3.36. The van der Waals surface area contributed by atoms with Gasteiger partial charge in [0.05, 0.1) is 5.54 Å². The van der Waals surface area contributed by atoms with Gasteiger partial charge in [0.2, 0.25) is 0 Å². The Balaban J connectivity index is 2.32. The second-order valence-electron chi connectivity index (χ2n) is 5.70. The average molecular weight is 260 g/mol. The van der Waals surface area contributed by atoms with Crippen molar-refractivity contribution in [2.45, 2.75) is 38.9 Å². The highest BCUT2D eigenvalue weighted by molar-refractivity contribution is 6.04. The molecular formula is C14H18N3O2. The summed E-state index contributed by atoms with van der Waals surface area (Å²) in [5.41, 5.74) is -0.267. The van der Waals surface area contributed by atoms with Gasteiger partial charge in [-0.2, -0.15) is 0 Å². The zero-order chi connectivity index (χ0) is 14.3. The van der Waals surface area contributed by atoms with Crippen LogP contribution in [0.2, 0.25) is 0 Å². The molecule has 5 heteroatoms. The lowest BCUT2D eigenvalue weighted by atomic mass is 9.99. The Morgan fingerprint density at radius 3 is 2.32 bits per heavy atom. The molecule has 1 saturated heterocycles. The summed E-state index contributed by atoms with van der Waals surface area (Å²) >= 11 is 0. The molecular weight excluding hydrogens is 242 g/mol. The number of pyridine rings is 1. The fourth-order valence-electron chi connectivity index (χ4n) is 2.28. The van der Waals surface area contributed by atoms with E-state index in [1.807, 2.05) is 0 Å². The van der Waals surface area contributed by atoms with Crippen LogP contribution >= 0.6 is 0 Å². The summed E-state index contributed by atoms with van der Waals surface area (Å²) in [5.74, 6) is -0.135. The molecule has 19 heavy (non-hydrogen) atoms. The van der Waals surface area contributed by atoms with Crippen LogP contribution in [0.15, 0.2) is 36.3 Å². The van der Waals surface area contributed by atoms with Crippen LogP contribution in [-0.2, 0) is 5.21 Å². The monoisotopic (exact) mass is 260 g/mol. The topological polar surface area (TPSA) is 65.1 Å². The van der Waals surface area contributed by atoms with E-state index in [1.54, 1.807) is 52.2 Å². The number of hydrogen-bond acceptors (Lipinski definition) is 4. The summed E-state index contributed by atoms with van der Waals surface area (Å²) < 4.78 is 0. The van der Waals surface area contributed by atoms with E-state index in [0.29, 0.717) is 11.3 Å². The van der Waals surface area contributed by atoms with Gasteiger partial charge < -0.3 is 5.32 Å². The molecule has 101 valence electrons. The molecule has 2 rings (SSSR count). The fourth-order valence-corrected chi connectivity index (χ4v) is 2.28. The normalized spacial score (nSPS) is 23.3. The van der Waals surface area contributed by atoms with Crippen LogP contribution in [0.25, 0.3) is 0 Å². The van der Waals surface area contributed by atoms with Gasteiger partial charge in [-0.05, 0) is 39.8 Å². The Morgan fingerprint density at radius 2 is 1.84 bits per heavy atom. The third kappa shape index (κ3) is 2.39. The Labute approximate surface area is 112 Å². The first kappa shape index (κ1) is 13.7. The molecule has 1 aliphatic rings. The van der Waals surface area contributed by atoms with Crippen molar-refractivity contribution in [2.75, 3.05) is 0 Å². The molecule has 1 N–H and O–H groups in total. The number of carbonyl (C=O) groups is 1. The fraction of sp³-hybridized carbons (Fsp3) is 0.429. The predicted octanol–water partition coefficient (Wildman–Crippen LogP) is 1.91. The van der Waals surface area contributed by atoms with Crippen molar-refractivity contribution in [3.8, 4) is 0 Å². The van der Waals surface area contributed by atoms with E-state index in [1.165, 1.54) is 6.08 Å². The molecule has 0 spiro atoms. The van der Waals surface area contributed by atoms with E-state index in [9.17, 15) is 10.0 Å². The van der Waals surface area contributed by atoms with E-state index in [-0.39, 0.29) is 5.78 Å². The molecule has 1 aromatic rings. The number of nitrogens with zero attached hydrogens (tertiary/aromatic N) is 2. The minimum Gasteiger partial charge on any atom is -0.367 e. The van der Waals surface area contributed by atoms with Crippen LogP contribution in [0.3, 0.4) is 0 Å². The van der Waals surface area contributed by atoms with Gasteiger partial charge in [-0.15, -0.1) is 10.3 Å². The molecule has 0 aromatic carbocycles. The minimum absolute atomic E-state index is 0.135. The summed E-state index contributed by atoms with van der Waals surface area (Å²) in [6.07, 6.45) is 4.64. The molecule has 0 saturated carbocycles. The average Bonchev–Trinajstić information content (AvgIpc) is 2.51. The van der Waals surface area contributed by atoms with Crippen LogP contribution in [0.4, 0.5) is 0 Å². The third-order valence-electron chi connectivity index (χ3n) is 3.36. The summed E-state index contributed by atoms with van der Waals surface area (Å²) in [6, 6.07) is 3.31. The summed E-state index contributed by atoms with van der Waals surface area (Å²) in [4.78, 5) is 16.0. The Morgan fingerprint density at radius 1 is 1.26 bits per heavy atom. The Hall–Kier alpha value is -1.72. The SMILES string of the molecule is CC1(C)N/C(=C\C(=O)c2ccncc2)C(C)(C)N1[O]. The lowest BCUT2D eigenvalue weighted by Gasteiger charge is -2.29. The van der Waals surface area contributed by atoms with Gasteiger partial charge in [0.1, 0.15) is 5.66 Å². The van der Waals surface area contributed by atoms with Gasteiger partial charge in [0.25, 0.3) is 0 Å². The number of hydroxylamine groups is 2. The smallest absolute Gasteiger partial charge is 0.187 e. The molecule has 1 radical (unpaired) electrons. The minimum atomic E-state index is -0.744. The number of rotatable bonds is 2. The van der Waals surface area contributed by atoms with Gasteiger partial charge in [0.15, 0.2) is 5.78 Å². The predicted molar refractivity (Wildman–Crippen MR) is 70.5 cm³/mol. The van der Waals surface area contributed by atoms with Crippen molar-refractivity contribution in [2.24, 2.45) is 0 Å². The van der Waals surface area contributed by atoms with Crippen LogP contribution in [-0.4, -0.2) is 27.0 Å². The Kier molecular flexibility index (Phi) is 3.20. The highest BCUT2D eigenvalue weighted by Gasteiger charge is 2.49. The maximum atomic E-state index is 12.2. The van der Waals surface area contributed by atoms with Crippen molar-refractivity contribution in [1.29, 1.82) is 0 Å². The molecule has 5 nitrogen and oxygen atoms in total. The van der Waals surface area contributed by atoms with Gasteiger partial charge in [-0.25, -0.2) is 0 Å². The number of carbonyl (C=O) groups excluding carboxylic acids is 1. The first-order chi connectivity index (χ1) is 8.75. The van der Waals surface area contributed by atoms with E-state index < -0.39 is 11.2 Å². The number of aromatic nitrogens is 1. The van der Waals surface area contributed by atoms with E-state index in [4.69, 9.17) is 0 Å². The maximum Gasteiger partial charge on any atom is 0.187 e. The quantitative estimate of drug-likeness (QED) is 0.651. The number of allylic oxidation sites excluding steroid dienone is 1. The summed E-state index contributed by atoms with van der Waals surface area (Å²) in [6.45, 7) is 7.18. The van der Waals surface area contributed by atoms with Crippen LogP contribution < -0.4 is 5.32 Å². The summed E-state index contributed by atoms with van der Waals surface area (Å²) in [7, 11) is 0. The molecule has 2 heterocycles. The lowest BCUT2D eigenvalue weighted by Crippen LogP contribution is -2.47. The molecule has 0 atom stereocenters. The van der Waals surface area contributed by atoms with Crippen molar-refractivity contribution >= 4 is 5.78 Å². The molecule has 0 unspecified atom stereocenters. The second kappa shape index (κ2) is 4.43. The second-order valence-corrected chi connectivity index (χ2v) is 5.70. The Bertz CT molecular complexity index is 521. The van der Waals surface area contributed by atoms with Gasteiger partial charge in [-0.1, -0.05) is 0 Å². The highest BCUT2D eigenvalue weighted by atomic mass is 16.5. The first-order valence-electron chi connectivity index (χ1n) is 6.17. The van der Waals surface area contributed by atoms with Crippen LogP contribution in [0.1, 0.15) is 38.1 Å². The van der Waals surface area contributed by atoms with Gasteiger partial charge in [0, 0.05) is 29.7 Å². The van der Waals surface area contributed by atoms with Crippen molar-refractivity contribution in [1.82, 2.24) is 15.4 Å². The van der Waals surface area contributed by atoms with Crippen LogP contribution in [0, 0.1) is 0 Å². The molecule has 0 aliphatic carbocycles. The van der Waals surface area contributed by atoms with Crippen molar-refractivity contribution in [3.63, 3.8) is 0 Å². The van der Waals surface area contributed by atoms with Crippen molar-refractivity contribution < 1.29 is 10.0 Å². The zero-order valence-corrected chi connectivity index (χ0v) is 11.6. The van der Waals surface area contributed by atoms with Crippen LogP contribution in [0.5, 0.6) is 0 Å². The highest BCUT2D eigenvalue weighted by Crippen LogP contribution is 2.35. The first-order valence-corrected chi connectivity index (χ1v) is 6.17.